The summed E-state index contributed by atoms with van der Waals surface area (Å²) in [6.07, 6.45) is 3.86. The Morgan fingerprint density at radius 1 is 1.42 bits per heavy atom. The molecular formula is C14H28N4O. The minimum Gasteiger partial charge on any atom is -0.383 e. The molecule has 5 nitrogen and oxygen atoms in total. The highest BCUT2D eigenvalue weighted by Crippen LogP contribution is 2.19. The van der Waals surface area contributed by atoms with Gasteiger partial charge in [-0.2, -0.15) is 0 Å². The molecule has 5 heteroatoms. The van der Waals surface area contributed by atoms with Crippen molar-refractivity contribution in [3.05, 3.63) is 18.2 Å². The van der Waals surface area contributed by atoms with E-state index in [1.54, 1.807) is 7.11 Å². The molecule has 1 aromatic rings. The van der Waals surface area contributed by atoms with Gasteiger partial charge in [-0.1, -0.05) is 13.8 Å². The molecule has 1 heterocycles. The lowest BCUT2D eigenvalue weighted by atomic mass is 9.93. The normalized spacial score (nSPS) is 12.3. The third-order valence-electron chi connectivity index (χ3n) is 2.93. The predicted octanol–water partition coefficient (Wildman–Crippen LogP) is 1.21. The highest BCUT2D eigenvalue weighted by atomic mass is 16.5. The Balaban J connectivity index is 2.52. The standard InChI is InChI=1S/C14H28N4O/c1-14(2,10-17(3)4)11-18-12-16-9-13(18)8-15-6-7-19-5/h9,12,15H,6-8,10-11H2,1-5H3. The fraction of sp³-hybridized carbons (Fsp3) is 0.786. The third-order valence-corrected chi connectivity index (χ3v) is 2.93. The number of aromatic nitrogens is 2. The zero-order valence-corrected chi connectivity index (χ0v) is 12.9. The molecule has 110 valence electrons. The van der Waals surface area contributed by atoms with Gasteiger partial charge in [0.25, 0.3) is 0 Å². The molecule has 0 saturated carbocycles. The number of imidazole rings is 1. The van der Waals surface area contributed by atoms with Crippen LogP contribution in [0.2, 0.25) is 0 Å². The Hall–Kier alpha value is -0.910. The van der Waals surface area contributed by atoms with Gasteiger partial charge in [0.15, 0.2) is 0 Å². The molecular weight excluding hydrogens is 240 g/mol. The number of hydrogen-bond acceptors (Lipinski definition) is 4. The molecule has 0 amide bonds. The van der Waals surface area contributed by atoms with Crippen molar-refractivity contribution in [2.24, 2.45) is 5.41 Å². The molecule has 0 aliphatic heterocycles. The average Bonchev–Trinajstić information content (AvgIpc) is 2.69. The number of methoxy groups -OCH3 is 1. The van der Waals surface area contributed by atoms with E-state index in [1.807, 2.05) is 12.5 Å². The van der Waals surface area contributed by atoms with E-state index in [0.29, 0.717) is 0 Å². The molecule has 0 fully saturated rings. The lowest BCUT2D eigenvalue weighted by Gasteiger charge is -2.29. The van der Waals surface area contributed by atoms with Crippen LogP contribution in [0.15, 0.2) is 12.5 Å². The maximum absolute atomic E-state index is 5.03. The van der Waals surface area contributed by atoms with Crippen molar-refractivity contribution in [3.8, 4) is 0 Å². The van der Waals surface area contributed by atoms with Crippen LogP contribution in [0.1, 0.15) is 19.5 Å². The van der Waals surface area contributed by atoms with Gasteiger partial charge in [-0.15, -0.1) is 0 Å². The lowest BCUT2D eigenvalue weighted by molar-refractivity contribution is 0.197. The monoisotopic (exact) mass is 268 g/mol. The summed E-state index contributed by atoms with van der Waals surface area (Å²) in [5, 5.41) is 3.36. The molecule has 1 N–H and O–H groups in total. The molecule has 19 heavy (non-hydrogen) atoms. The maximum atomic E-state index is 5.03. The first-order chi connectivity index (χ1) is 8.94. The van der Waals surface area contributed by atoms with Crippen molar-refractivity contribution < 1.29 is 4.74 Å². The average molecular weight is 268 g/mol. The van der Waals surface area contributed by atoms with Crippen molar-refractivity contribution in [2.45, 2.75) is 26.9 Å². The first kappa shape index (κ1) is 16.1. The van der Waals surface area contributed by atoms with Crippen LogP contribution in [0.3, 0.4) is 0 Å². The summed E-state index contributed by atoms with van der Waals surface area (Å²) >= 11 is 0. The summed E-state index contributed by atoms with van der Waals surface area (Å²) in [5.74, 6) is 0. The lowest BCUT2D eigenvalue weighted by Crippen LogP contribution is -2.33. The quantitative estimate of drug-likeness (QED) is 0.684. The SMILES string of the molecule is COCCNCc1cncn1CC(C)(C)CN(C)C. The molecule has 0 bridgehead atoms. The molecule has 0 radical (unpaired) electrons. The minimum atomic E-state index is 0.228. The Bertz CT molecular complexity index is 360. The van der Waals surface area contributed by atoms with Crippen LogP contribution in [0, 0.1) is 5.41 Å². The topological polar surface area (TPSA) is 42.3 Å². The summed E-state index contributed by atoms with van der Waals surface area (Å²) in [4.78, 5) is 6.49. The largest absolute Gasteiger partial charge is 0.383 e. The van der Waals surface area contributed by atoms with Gasteiger partial charge in [0.05, 0.1) is 18.6 Å². The Morgan fingerprint density at radius 2 is 2.16 bits per heavy atom. The minimum absolute atomic E-state index is 0.228. The van der Waals surface area contributed by atoms with Gasteiger partial charge in [0, 0.05) is 39.5 Å². The Kier molecular flexibility index (Phi) is 6.48. The molecule has 0 spiro atoms. The summed E-state index contributed by atoms with van der Waals surface area (Å²) in [7, 11) is 5.95. The van der Waals surface area contributed by atoms with Crippen LogP contribution in [0.4, 0.5) is 0 Å². The van der Waals surface area contributed by atoms with Crippen LogP contribution in [-0.2, 0) is 17.8 Å². The van der Waals surface area contributed by atoms with Crippen molar-refractivity contribution in [2.75, 3.05) is 40.9 Å². The molecule has 1 aromatic heterocycles. The van der Waals surface area contributed by atoms with Crippen molar-refractivity contribution in [1.82, 2.24) is 19.8 Å². The highest BCUT2D eigenvalue weighted by Gasteiger charge is 2.20. The fourth-order valence-corrected chi connectivity index (χ4v) is 2.40. The Labute approximate surface area is 117 Å². The van der Waals surface area contributed by atoms with Crippen LogP contribution < -0.4 is 5.32 Å². The maximum Gasteiger partial charge on any atom is 0.0948 e. The molecule has 0 saturated heterocycles. The van der Waals surface area contributed by atoms with E-state index in [9.17, 15) is 0 Å². The summed E-state index contributed by atoms with van der Waals surface area (Å²) < 4.78 is 7.26. The molecule has 1 rings (SSSR count). The van der Waals surface area contributed by atoms with E-state index >= 15 is 0 Å². The molecule has 0 aliphatic rings. The summed E-state index contributed by atoms with van der Waals surface area (Å²) in [6.45, 7) is 9.04. The zero-order chi connectivity index (χ0) is 14.3. The third kappa shape index (κ3) is 6.18. The second-order valence-electron chi connectivity index (χ2n) is 6.08. The van der Waals surface area contributed by atoms with Gasteiger partial charge in [-0.05, 0) is 19.5 Å². The van der Waals surface area contributed by atoms with Crippen LogP contribution in [0.5, 0.6) is 0 Å². The summed E-state index contributed by atoms with van der Waals surface area (Å²) in [5.41, 5.74) is 1.45. The second-order valence-corrected chi connectivity index (χ2v) is 6.08. The molecule has 0 unspecified atom stereocenters. The van der Waals surface area contributed by atoms with Gasteiger partial charge in [-0.25, -0.2) is 4.98 Å². The number of nitrogens with one attached hydrogen (secondary N) is 1. The van der Waals surface area contributed by atoms with E-state index in [0.717, 1.165) is 32.8 Å². The van der Waals surface area contributed by atoms with Crippen LogP contribution >= 0.6 is 0 Å². The Morgan fingerprint density at radius 3 is 2.79 bits per heavy atom. The van der Waals surface area contributed by atoms with Crippen molar-refractivity contribution in [3.63, 3.8) is 0 Å². The number of rotatable bonds is 9. The van der Waals surface area contributed by atoms with E-state index < -0.39 is 0 Å². The first-order valence-corrected chi connectivity index (χ1v) is 6.78. The van der Waals surface area contributed by atoms with E-state index in [4.69, 9.17) is 4.74 Å². The van der Waals surface area contributed by atoms with Gasteiger partial charge in [0.1, 0.15) is 0 Å². The van der Waals surface area contributed by atoms with E-state index in [1.165, 1.54) is 5.69 Å². The van der Waals surface area contributed by atoms with E-state index in [-0.39, 0.29) is 5.41 Å². The number of nitrogens with zero attached hydrogens (tertiary/aromatic N) is 3. The predicted molar refractivity (Wildman–Crippen MR) is 78.1 cm³/mol. The second kappa shape index (κ2) is 7.62. The van der Waals surface area contributed by atoms with Crippen LogP contribution in [0.25, 0.3) is 0 Å². The highest BCUT2D eigenvalue weighted by molar-refractivity contribution is 4.99. The number of hydrogen-bond donors (Lipinski definition) is 1. The first-order valence-electron chi connectivity index (χ1n) is 6.78. The fourth-order valence-electron chi connectivity index (χ4n) is 2.40. The number of ether oxygens (including phenoxy) is 1. The van der Waals surface area contributed by atoms with Crippen molar-refractivity contribution >= 4 is 0 Å². The van der Waals surface area contributed by atoms with Gasteiger partial charge < -0.3 is 19.5 Å². The van der Waals surface area contributed by atoms with Gasteiger partial charge in [-0.3, -0.25) is 0 Å². The van der Waals surface area contributed by atoms with Gasteiger partial charge in [0.2, 0.25) is 0 Å². The zero-order valence-electron chi connectivity index (χ0n) is 12.9. The molecule has 0 aromatic carbocycles. The van der Waals surface area contributed by atoms with Gasteiger partial charge >= 0.3 is 0 Å². The van der Waals surface area contributed by atoms with Crippen LogP contribution in [-0.4, -0.2) is 55.4 Å². The van der Waals surface area contributed by atoms with E-state index in [2.05, 4.69) is 47.7 Å². The smallest absolute Gasteiger partial charge is 0.0948 e. The molecule has 0 aliphatic carbocycles. The summed E-state index contributed by atoms with van der Waals surface area (Å²) in [6, 6.07) is 0. The van der Waals surface area contributed by atoms with Crippen molar-refractivity contribution in [1.29, 1.82) is 0 Å². The molecule has 0 atom stereocenters.